The molecule has 108 valence electrons. The molecule has 12 heteroatoms. The Morgan fingerprint density at radius 2 is 1.68 bits per heavy atom. The van der Waals surface area contributed by atoms with Gasteiger partial charge in [0.2, 0.25) is 0 Å². The molecule has 19 heavy (non-hydrogen) atoms. The minimum Gasteiger partial charge on any atom is -0.445 e. The van der Waals surface area contributed by atoms with E-state index in [0.717, 1.165) is 0 Å². The number of nitrogens with zero attached hydrogens (tertiary/aromatic N) is 1. The molecule has 0 saturated heterocycles. The van der Waals surface area contributed by atoms with Crippen LogP contribution in [0.3, 0.4) is 0 Å². The summed E-state index contributed by atoms with van der Waals surface area (Å²) >= 11 is 16.0. The van der Waals surface area contributed by atoms with Crippen LogP contribution in [0.1, 0.15) is 0 Å². The number of rotatable bonds is 2. The molecule has 0 aromatic heterocycles. The molecule has 0 aliphatic rings. The summed E-state index contributed by atoms with van der Waals surface area (Å²) in [6.07, 6.45) is 0. The molecule has 0 saturated carbocycles. The molecule has 0 unspecified atom stereocenters. The van der Waals surface area contributed by atoms with Gasteiger partial charge < -0.3 is 4.74 Å². The SMILES string of the molecule is O=S(=O)(Cl)Cl.O=[N+]([O-])c1cccc(OC(Cl)(Cl)Cl)c1. The van der Waals surface area contributed by atoms with E-state index in [1.54, 1.807) is 0 Å². The van der Waals surface area contributed by atoms with Crippen LogP contribution in [0.2, 0.25) is 0 Å². The van der Waals surface area contributed by atoms with Crippen molar-refractivity contribution in [3.8, 4) is 5.75 Å². The maximum atomic E-state index is 10.4. The van der Waals surface area contributed by atoms with E-state index in [9.17, 15) is 10.1 Å². The van der Waals surface area contributed by atoms with E-state index in [2.05, 4.69) is 21.4 Å². The minimum atomic E-state index is -3.72. The van der Waals surface area contributed by atoms with Crippen molar-refractivity contribution in [1.82, 2.24) is 0 Å². The molecule has 1 aromatic carbocycles. The fraction of sp³-hybridized carbons (Fsp3) is 0.143. The van der Waals surface area contributed by atoms with Crippen molar-refractivity contribution in [1.29, 1.82) is 0 Å². The second-order valence-corrected chi connectivity index (χ2v) is 8.53. The number of non-ortho nitro benzene ring substituents is 1. The molecule has 0 aliphatic heterocycles. The van der Waals surface area contributed by atoms with Gasteiger partial charge in [0.1, 0.15) is 5.75 Å². The number of alkyl halides is 3. The molecule has 0 fully saturated rings. The van der Waals surface area contributed by atoms with Gasteiger partial charge in [-0.05, 0) is 40.9 Å². The molecular formula is C7H4Cl5NO5S. The molecule has 0 atom stereocenters. The van der Waals surface area contributed by atoms with Crippen molar-refractivity contribution in [3.63, 3.8) is 0 Å². The summed E-state index contributed by atoms with van der Waals surface area (Å²) in [7, 11) is 4.81. The van der Waals surface area contributed by atoms with Crippen LogP contribution >= 0.6 is 56.2 Å². The predicted molar refractivity (Wildman–Crippen MR) is 74.6 cm³/mol. The Kier molecular flexibility index (Phi) is 7.49. The smallest absolute Gasteiger partial charge is 0.338 e. The van der Waals surface area contributed by atoms with Gasteiger partial charge in [0, 0.05) is 27.4 Å². The number of halogens is 5. The Balaban J connectivity index is 0.000000555. The van der Waals surface area contributed by atoms with Crippen molar-refractivity contribution < 1.29 is 18.1 Å². The average molecular weight is 391 g/mol. The highest BCUT2D eigenvalue weighted by atomic mass is 36.0. The normalized spacial score (nSPS) is 11.2. The molecule has 0 spiro atoms. The van der Waals surface area contributed by atoms with Gasteiger partial charge in [-0.25, -0.2) is 0 Å². The number of hydrogen-bond acceptors (Lipinski definition) is 5. The van der Waals surface area contributed by atoms with Crippen LogP contribution in [-0.4, -0.2) is 17.3 Å². The van der Waals surface area contributed by atoms with E-state index in [-0.39, 0.29) is 11.4 Å². The second kappa shape index (κ2) is 7.56. The third-order valence-corrected chi connectivity index (χ3v) is 1.49. The lowest BCUT2D eigenvalue weighted by atomic mass is 10.3. The lowest BCUT2D eigenvalue weighted by molar-refractivity contribution is -0.384. The summed E-state index contributed by atoms with van der Waals surface area (Å²) < 4.78 is 21.2. The monoisotopic (exact) mass is 389 g/mol. The Morgan fingerprint density at radius 1 is 1.21 bits per heavy atom. The summed E-state index contributed by atoms with van der Waals surface area (Å²) in [6, 6.07) is 5.37. The highest BCUT2D eigenvalue weighted by Crippen LogP contribution is 2.31. The fourth-order valence-electron chi connectivity index (χ4n) is 0.794. The van der Waals surface area contributed by atoms with Crippen molar-refractivity contribution >= 4 is 70.1 Å². The number of nitro groups is 1. The van der Waals surface area contributed by atoms with Crippen molar-refractivity contribution in [2.75, 3.05) is 0 Å². The van der Waals surface area contributed by atoms with Crippen LogP contribution in [0, 0.1) is 10.1 Å². The quantitative estimate of drug-likeness (QED) is 0.329. The number of hydrogen-bond donors (Lipinski definition) is 0. The lowest BCUT2D eigenvalue weighted by Crippen LogP contribution is -2.12. The van der Waals surface area contributed by atoms with E-state index in [0.29, 0.717) is 0 Å². The third kappa shape index (κ3) is 12.6. The summed E-state index contributed by atoms with van der Waals surface area (Å²) in [5, 5.41) is 10.4. The van der Waals surface area contributed by atoms with Gasteiger partial charge >= 0.3 is 12.2 Å². The Bertz CT molecular complexity index is 535. The standard InChI is InChI=1S/C7H4Cl3NO3.Cl2O2S/c8-7(9,10)14-6-3-1-2-5(4-6)11(12)13;1-5(2,3)4/h1-4H;. The van der Waals surface area contributed by atoms with Gasteiger partial charge in [0.05, 0.1) is 11.0 Å². The van der Waals surface area contributed by atoms with E-state index in [4.69, 9.17) is 48.0 Å². The maximum absolute atomic E-state index is 10.4. The largest absolute Gasteiger partial charge is 0.445 e. The van der Waals surface area contributed by atoms with Crippen LogP contribution in [0.15, 0.2) is 24.3 Å². The molecule has 0 N–H and O–H groups in total. The fourth-order valence-corrected chi connectivity index (χ4v) is 1.06. The maximum Gasteiger partial charge on any atom is 0.338 e. The topological polar surface area (TPSA) is 86.5 Å². The molecule has 1 rings (SSSR count). The number of ether oxygens (including phenoxy) is 1. The van der Waals surface area contributed by atoms with Crippen LogP contribution in [0.4, 0.5) is 5.69 Å². The third-order valence-electron chi connectivity index (χ3n) is 1.26. The summed E-state index contributed by atoms with van der Waals surface area (Å²) in [6.45, 7) is 0. The first kappa shape index (κ1) is 18.8. The molecule has 0 heterocycles. The molecule has 0 bridgehead atoms. The van der Waals surface area contributed by atoms with Crippen molar-refractivity contribution in [2.24, 2.45) is 0 Å². The molecule has 1 aromatic rings. The van der Waals surface area contributed by atoms with Gasteiger partial charge in [-0.1, -0.05) is 6.07 Å². The van der Waals surface area contributed by atoms with Crippen molar-refractivity contribution in [2.45, 2.75) is 3.98 Å². The molecule has 0 radical (unpaired) electrons. The predicted octanol–water partition coefficient (Wildman–Crippen LogP) is 4.01. The zero-order chi connectivity index (χ0) is 15.3. The van der Waals surface area contributed by atoms with Crippen molar-refractivity contribution in [3.05, 3.63) is 34.4 Å². The first-order valence-electron chi connectivity index (χ1n) is 4.03. The zero-order valence-corrected chi connectivity index (χ0v) is 13.2. The molecule has 0 aliphatic carbocycles. The van der Waals surface area contributed by atoms with Gasteiger partial charge in [-0.2, -0.15) is 8.42 Å². The summed E-state index contributed by atoms with van der Waals surface area (Å²) in [5.41, 5.74) is -0.128. The van der Waals surface area contributed by atoms with Gasteiger partial charge in [-0.15, -0.1) is 0 Å². The van der Waals surface area contributed by atoms with Gasteiger partial charge in [-0.3, -0.25) is 10.1 Å². The molecular weight excluding hydrogens is 387 g/mol. The molecule has 6 nitrogen and oxygen atoms in total. The highest BCUT2D eigenvalue weighted by Gasteiger charge is 2.22. The first-order chi connectivity index (χ1) is 8.38. The van der Waals surface area contributed by atoms with Crippen LogP contribution in [0.5, 0.6) is 5.75 Å². The minimum absolute atomic E-state index is 0.124. The van der Waals surface area contributed by atoms with Gasteiger partial charge in [0.15, 0.2) is 0 Å². The van der Waals surface area contributed by atoms with Gasteiger partial charge in [0.25, 0.3) is 5.69 Å². The average Bonchev–Trinajstić information content (AvgIpc) is 2.12. The molecule has 0 amide bonds. The van der Waals surface area contributed by atoms with E-state index in [1.165, 1.54) is 24.3 Å². The van der Waals surface area contributed by atoms with Crippen LogP contribution in [-0.2, 0) is 8.26 Å². The first-order valence-corrected chi connectivity index (χ1v) is 8.30. The number of benzene rings is 1. The van der Waals surface area contributed by atoms with E-state index in [1.807, 2.05) is 0 Å². The Hall–Kier alpha value is -0.180. The number of nitro benzene ring substituents is 1. The van der Waals surface area contributed by atoms with E-state index < -0.39 is 17.2 Å². The highest BCUT2D eigenvalue weighted by molar-refractivity contribution is 8.31. The van der Waals surface area contributed by atoms with Crippen LogP contribution in [0.25, 0.3) is 0 Å². The zero-order valence-electron chi connectivity index (χ0n) is 8.60. The summed E-state index contributed by atoms with van der Waals surface area (Å²) in [5.74, 6) is 0.124. The lowest BCUT2D eigenvalue weighted by Gasteiger charge is -2.12. The Morgan fingerprint density at radius 3 is 2.05 bits per heavy atom. The second-order valence-electron chi connectivity index (χ2n) is 2.68. The van der Waals surface area contributed by atoms with E-state index >= 15 is 0 Å². The van der Waals surface area contributed by atoms with Crippen LogP contribution < -0.4 is 4.74 Å². The summed E-state index contributed by atoms with van der Waals surface area (Å²) in [4.78, 5) is 9.81. The Labute approximate surface area is 132 Å².